The lowest BCUT2D eigenvalue weighted by atomic mass is 9.92. The van der Waals surface area contributed by atoms with Gasteiger partial charge in [-0.2, -0.15) is 132 Å². The van der Waals surface area contributed by atoms with Crippen LogP contribution in [0.3, 0.4) is 0 Å². The maximum Gasteiger partial charge on any atom is 0.402 e. The fourth-order valence-corrected chi connectivity index (χ4v) is 2.46. The molecular weight excluding hydrogens is 1430 g/mol. The van der Waals surface area contributed by atoms with Crippen molar-refractivity contribution in [2.45, 2.75) is 413 Å². The predicted molar refractivity (Wildman–Crippen MR) is 369 cm³/mol. The van der Waals surface area contributed by atoms with Crippen LogP contribution in [0.25, 0.3) is 0 Å². The minimum Gasteiger partial charge on any atom is -0.171 e. The van der Waals surface area contributed by atoms with Gasteiger partial charge in [-0.3, -0.25) is 0 Å². The predicted octanol–water partition coefficient (Wildman–Crippen LogP) is 36.0. The van der Waals surface area contributed by atoms with Crippen molar-refractivity contribution in [3.63, 3.8) is 0 Å². The standard InChI is InChI=1S/C6H8F6.2C6H11F3.C5H6F6.2C5H9F3.2C5H12.2C4H7F3.4C4H10.C3H8.C2H6/c1-4(6(10,11)12)2-3-5(7,8)9;1-3-4-5(2)6(7,8)9;1-2-3-4-5-6(7,8)9;1-3(2,4(6,7)8)5(9,10)11;1-4(2,3)5(6,7)8;1-3-4(2)5(6,7)8;1-4-5(2)3;1-3-5-4-2;2*1-3(2)4(5,6)7;2*1-4(2)3;2*1-3-4-2;1-3-2;1-2/h4H,2-3H2,1H3;5H,3-4H2,1-2H3;2-5H2,1H3;1-2H3;1-3H3;4H,3H2,1-2H3;5H,4H2,1-3H3;3-5H2,1-2H3;2*3H,1-2H3;2*4H,1-3H3;2*3-4H2,1-2H3;3H2,1-2H3;1-2H3/t4-;5-;;;;;;;;;;;;;;/m00............../s1/i;;;;;;;;3D;;4D;;3D2;;;. The van der Waals surface area contributed by atoms with Crippen LogP contribution in [0.4, 0.5) is 132 Å². The SMILES string of the molecule is CC.CC(C)(C(F)(F)F)C(F)(F)F.CC(C)(C)C(F)(F)F.CC(C)C.CC(C)C(F)(F)F.CCC.CCC(C)C.CCC(C)C(F)(F)F.CCCC.CCCCC.CCCCCC(F)(F)F.CCC[C@H](C)C(F)(F)F.C[C@@H](CCC(F)(F)F)C(F)(F)F.[2H]C(C)(C)C.[2H]C(C)(C)C(F)(F)F.[2H]C([2H])(C)CC. The largest absolute Gasteiger partial charge is 0.402 e. The van der Waals surface area contributed by atoms with Crippen LogP contribution in [-0.4, -0.2) is 61.8 Å². The van der Waals surface area contributed by atoms with Gasteiger partial charge in [-0.15, -0.1) is 0 Å². The highest BCUT2D eigenvalue weighted by Crippen LogP contribution is 2.49. The molecule has 102 heavy (non-hydrogen) atoms. The second-order valence-corrected chi connectivity index (χ2v) is 26.1. The fraction of sp³-hybridized carbons (Fsp3) is 1.00. The highest BCUT2D eigenvalue weighted by atomic mass is 19.4. The Balaban J connectivity index is -0.0000000591. The Hall–Kier alpha value is -2.10. The van der Waals surface area contributed by atoms with Crippen molar-refractivity contribution in [1.29, 1.82) is 0 Å². The zero-order valence-corrected chi connectivity index (χ0v) is 68.3. The molecule has 0 saturated carbocycles. The molecule has 0 aliphatic rings. The molecule has 644 valence electrons. The van der Waals surface area contributed by atoms with E-state index < -0.39 is 128 Å². The van der Waals surface area contributed by atoms with Crippen LogP contribution in [0.15, 0.2) is 0 Å². The van der Waals surface area contributed by atoms with Crippen molar-refractivity contribution < 1.29 is 137 Å². The summed E-state index contributed by atoms with van der Waals surface area (Å²) < 4.78 is 372. The van der Waals surface area contributed by atoms with E-state index in [0.29, 0.717) is 19.3 Å². The number of halogens is 30. The van der Waals surface area contributed by atoms with Crippen molar-refractivity contribution in [1.82, 2.24) is 0 Å². The van der Waals surface area contributed by atoms with Gasteiger partial charge in [0, 0.05) is 30.1 Å². The van der Waals surface area contributed by atoms with Gasteiger partial charge >= 0.3 is 61.8 Å². The fourth-order valence-electron chi connectivity index (χ4n) is 2.46. The maximum absolute atomic E-state index is 11.7. The van der Waals surface area contributed by atoms with Crippen molar-refractivity contribution in [2.24, 2.45) is 58.1 Å². The average Bonchev–Trinajstić information content (AvgIpc) is 0.792. The lowest BCUT2D eigenvalue weighted by Crippen LogP contribution is -2.44. The highest BCUT2D eigenvalue weighted by Gasteiger charge is 2.64. The molecule has 0 rings (SSSR count). The Morgan fingerprint density at radius 1 is 0.304 bits per heavy atom. The summed E-state index contributed by atoms with van der Waals surface area (Å²) >= 11 is 0. The Labute approximate surface area is 606 Å². The van der Waals surface area contributed by atoms with Crippen LogP contribution in [-0.2, 0) is 0 Å². The van der Waals surface area contributed by atoms with Gasteiger partial charge in [0.1, 0.15) is 0 Å². The number of hydrogen-bond donors (Lipinski definition) is 0. The minimum atomic E-state index is -5.24. The molecule has 0 aromatic carbocycles. The molecule has 0 nitrogen and oxygen atoms in total. The van der Waals surface area contributed by atoms with Gasteiger partial charge in [0.15, 0.2) is 5.41 Å². The van der Waals surface area contributed by atoms with E-state index in [-0.39, 0.29) is 39.0 Å². The zero-order chi connectivity index (χ0) is 91.0. The smallest absolute Gasteiger partial charge is 0.171 e. The summed E-state index contributed by atoms with van der Waals surface area (Å²) in [6.07, 6.45) is -35.1. The molecule has 0 aromatic heterocycles. The normalized spacial score (nSPS) is 13.5. The second kappa shape index (κ2) is 75.7. The van der Waals surface area contributed by atoms with E-state index in [1.807, 2.05) is 48.5 Å². The van der Waals surface area contributed by atoms with E-state index >= 15 is 0 Å². The summed E-state index contributed by atoms with van der Waals surface area (Å²) in [4.78, 5) is 0. The van der Waals surface area contributed by atoms with Gasteiger partial charge in [0.05, 0.1) is 23.2 Å². The second-order valence-electron chi connectivity index (χ2n) is 26.1. The molecule has 0 amide bonds. The lowest BCUT2D eigenvalue weighted by molar-refractivity contribution is -0.327. The Bertz CT molecular complexity index is 1640. The minimum absolute atomic E-state index is 0.104. The quantitative estimate of drug-likeness (QED) is 0.127. The molecule has 0 aliphatic carbocycles. The van der Waals surface area contributed by atoms with Gasteiger partial charge in [-0.25, -0.2) is 0 Å². The molecule has 0 radical (unpaired) electrons. The van der Waals surface area contributed by atoms with Crippen LogP contribution in [0, 0.1) is 58.1 Å². The average molecular weight is 1590 g/mol. The Morgan fingerprint density at radius 3 is 0.588 bits per heavy atom. The maximum atomic E-state index is 11.7. The summed E-state index contributed by atoms with van der Waals surface area (Å²) in [7, 11) is 0. The molecule has 1 unspecified atom stereocenters. The summed E-state index contributed by atoms with van der Waals surface area (Å²) in [5.41, 5.74) is -5.19. The third-order valence-electron chi connectivity index (χ3n) is 10.8. The number of hydrogen-bond acceptors (Lipinski definition) is 0. The number of alkyl halides is 30. The van der Waals surface area contributed by atoms with Crippen LogP contribution in [0.1, 0.15) is 356 Å². The van der Waals surface area contributed by atoms with Crippen LogP contribution in [0.5, 0.6) is 0 Å². The summed E-state index contributed by atoms with van der Waals surface area (Å²) in [6.45, 7) is 55.0. The Kier molecular flexibility index (Phi) is 93.9. The lowest BCUT2D eigenvalue weighted by Gasteiger charge is -2.29. The molecular formula is C72H146F30. The number of unbranched alkanes of at least 4 members (excludes halogenated alkanes) is 5. The van der Waals surface area contributed by atoms with E-state index in [2.05, 4.69) is 83.1 Å². The molecule has 0 N–H and O–H groups in total. The first-order chi connectivity index (χ1) is 45.9. The van der Waals surface area contributed by atoms with E-state index in [4.69, 9.17) is 5.48 Å². The first-order valence-corrected chi connectivity index (χ1v) is 34.6. The van der Waals surface area contributed by atoms with E-state index in [1.165, 1.54) is 65.7 Å². The topological polar surface area (TPSA) is 0 Å². The van der Waals surface area contributed by atoms with Crippen LogP contribution >= 0.6 is 0 Å². The van der Waals surface area contributed by atoms with Gasteiger partial charge in [0.2, 0.25) is 0 Å². The molecule has 0 saturated heterocycles. The first kappa shape index (κ1) is 126. The van der Waals surface area contributed by atoms with Crippen molar-refractivity contribution >= 4 is 0 Å². The zero-order valence-electron chi connectivity index (χ0n) is 72.3. The number of rotatable bonds is 13. The van der Waals surface area contributed by atoms with E-state index in [1.54, 1.807) is 13.8 Å². The van der Waals surface area contributed by atoms with E-state index in [0.717, 1.165) is 73.6 Å². The monoisotopic (exact) mass is 1590 g/mol. The van der Waals surface area contributed by atoms with Gasteiger partial charge in [-0.05, 0) is 57.3 Å². The summed E-state index contributed by atoms with van der Waals surface area (Å²) in [5, 5.41) is 0. The van der Waals surface area contributed by atoms with Gasteiger partial charge < -0.3 is 0 Å². The molecule has 0 spiro atoms. The summed E-state index contributed by atoms with van der Waals surface area (Å²) in [5.74, 6) is -6.22. The van der Waals surface area contributed by atoms with Gasteiger partial charge in [0.25, 0.3) is 0 Å². The van der Waals surface area contributed by atoms with Crippen LogP contribution < -0.4 is 0 Å². The molecule has 0 bridgehead atoms. The van der Waals surface area contributed by atoms with Crippen molar-refractivity contribution in [3.8, 4) is 0 Å². The molecule has 3 atom stereocenters. The van der Waals surface area contributed by atoms with Crippen LogP contribution in [0.2, 0.25) is 0 Å². The molecule has 0 aromatic rings. The third kappa shape index (κ3) is 151. The molecule has 0 fully saturated rings. The summed E-state index contributed by atoms with van der Waals surface area (Å²) in [6, 6.07) is 0. The van der Waals surface area contributed by atoms with Crippen molar-refractivity contribution in [3.05, 3.63) is 0 Å². The Morgan fingerprint density at radius 2 is 0.520 bits per heavy atom. The third-order valence-corrected chi connectivity index (χ3v) is 10.8. The molecule has 0 aliphatic heterocycles. The molecule has 0 heterocycles. The van der Waals surface area contributed by atoms with Gasteiger partial charge in [-0.1, -0.05) is 299 Å². The molecule has 30 heteroatoms. The first-order valence-electron chi connectivity index (χ1n) is 36.6. The van der Waals surface area contributed by atoms with E-state index in [9.17, 15) is 132 Å². The highest BCUT2D eigenvalue weighted by molar-refractivity contribution is 4.84. The van der Waals surface area contributed by atoms with Crippen molar-refractivity contribution in [2.75, 3.05) is 0 Å².